The average Bonchev–Trinajstić information content (AvgIpc) is 2.19. The molecule has 1 aromatic rings. The summed E-state index contributed by atoms with van der Waals surface area (Å²) in [6.07, 6.45) is 1.13. The Labute approximate surface area is 100 Å². The molecular weight excluding hydrogens is 194 g/mol. The van der Waals surface area contributed by atoms with Crippen LogP contribution in [0, 0.1) is 6.92 Å². The number of hydrogen-bond donors (Lipinski definition) is 0. The van der Waals surface area contributed by atoms with Crippen molar-refractivity contribution in [3.8, 4) is 0 Å². The Kier molecular flexibility index (Phi) is 4.55. The second-order valence-corrected chi connectivity index (χ2v) is 5.22. The molecule has 0 saturated carbocycles. The molecule has 0 bridgehead atoms. The van der Waals surface area contributed by atoms with Gasteiger partial charge in [0.05, 0.1) is 0 Å². The maximum absolute atomic E-state index is 2.39. The first-order valence-corrected chi connectivity index (χ1v) is 6.22. The number of nitrogens with zero attached hydrogens (tertiary/aromatic N) is 1. The highest BCUT2D eigenvalue weighted by molar-refractivity contribution is 5.39. The highest BCUT2D eigenvalue weighted by atomic mass is 15.0. The fourth-order valence-electron chi connectivity index (χ4n) is 2.18. The lowest BCUT2D eigenvalue weighted by atomic mass is 9.91. The van der Waals surface area contributed by atoms with Crippen LogP contribution >= 0.6 is 0 Å². The Balaban J connectivity index is 3.15. The molecule has 1 heteroatoms. The molecule has 0 spiro atoms. The van der Waals surface area contributed by atoms with Crippen LogP contribution in [0.1, 0.15) is 48.9 Å². The maximum atomic E-state index is 2.39. The van der Waals surface area contributed by atoms with Crippen molar-refractivity contribution >= 4 is 0 Å². The lowest BCUT2D eigenvalue weighted by Gasteiger charge is -2.18. The van der Waals surface area contributed by atoms with Gasteiger partial charge < -0.3 is 4.90 Å². The van der Waals surface area contributed by atoms with E-state index in [0.29, 0.717) is 5.92 Å². The average molecular weight is 219 g/mol. The first-order chi connectivity index (χ1) is 7.45. The number of aryl methyl sites for hydroxylation is 2. The van der Waals surface area contributed by atoms with Crippen molar-refractivity contribution in [3.05, 3.63) is 34.4 Å². The summed E-state index contributed by atoms with van der Waals surface area (Å²) in [6, 6.07) is 4.77. The van der Waals surface area contributed by atoms with Crippen molar-refractivity contribution in [2.45, 2.75) is 46.6 Å². The van der Waals surface area contributed by atoms with Gasteiger partial charge >= 0.3 is 0 Å². The molecule has 0 atom stereocenters. The topological polar surface area (TPSA) is 3.24 Å². The van der Waals surface area contributed by atoms with Gasteiger partial charge in [0.2, 0.25) is 0 Å². The molecule has 0 aliphatic rings. The highest BCUT2D eigenvalue weighted by Gasteiger charge is 2.09. The molecular formula is C15H25N. The largest absolute Gasteiger partial charge is 0.305 e. The summed E-state index contributed by atoms with van der Waals surface area (Å²) in [5, 5.41) is 0. The van der Waals surface area contributed by atoms with Crippen LogP contribution in [0.3, 0.4) is 0 Å². The molecule has 0 aliphatic heterocycles. The summed E-state index contributed by atoms with van der Waals surface area (Å²) in [5.74, 6) is 0.627. The van der Waals surface area contributed by atoms with Gasteiger partial charge in [-0.2, -0.15) is 0 Å². The smallest absolute Gasteiger partial charge is 0.0230 e. The van der Waals surface area contributed by atoms with Crippen molar-refractivity contribution in [1.29, 1.82) is 0 Å². The van der Waals surface area contributed by atoms with Crippen LogP contribution in [-0.4, -0.2) is 19.0 Å². The summed E-state index contributed by atoms with van der Waals surface area (Å²) in [6.45, 7) is 10.1. The molecule has 0 unspecified atom stereocenters. The lowest BCUT2D eigenvalue weighted by Crippen LogP contribution is -2.12. The number of rotatable bonds is 4. The summed E-state index contributed by atoms with van der Waals surface area (Å²) >= 11 is 0. The van der Waals surface area contributed by atoms with E-state index in [0.717, 1.165) is 13.0 Å². The number of benzene rings is 1. The predicted octanol–water partition coefficient (Wildman–Crippen LogP) is 3.74. The molecule has 0 fully saturated rings. The Morgan fingerprint density at radius 1 is 1.12 bits per heavy atom. The van der Waals surface area contributed by atoms with Gasteiger partial charge in [0.15, 0.2) is 0 Å². The van der Waals surface area contributed by atoms with Crippen molar-refractivity contribution in [3.63, 3.8) is 0 Å². The van der Waals surface area contributed by atoms with Crippen molar-refractivity contribution < 1.29 is 0 Å². The Bertz CT molecular complexity index is 351. The van der Waals surface area contributed by atoms with Crippen LogP contribution in [-0.2, 0) is 13.0 Å². The van der Waals surface area contributed by atoms with E-state index in [-0.39, 0.29) is 0 Å². The minimum absolute atomic E-state index is 0.627. The predicted molar refractivity (Wildman–Crippen MR) is 72.0 cm³/mol. The summed E-state index contributed by atoms with van der Waals surface area (Å²) in [5.41, 5.74) is 5.92. The van der Waals surface area contributed by atoms with E-state index in [1.54, 1.807) is 0 Å². The third-order valence-corrected chi connectivity index (χ3v) is 3.09. The summed E-state index contributed by atoms with van der Waals surface area (Å²) < 4.78 is 0. The zero-order valence-electron chi connectivity index (χ0n) is 11.6. The third kappa shape index (κ3) is 3.08. The van der Waals surface area contributed by atoms with Crippen molar-refractivity contribution in [2.24, 2.45) is 0 Å². The number of hydrogen-bond acceptors (Lipinski definition) is 1. The zero-order valence-corrected chi connectivity index (χ0v) is 11.6. The van der Waals surface area contributed by atoms with Gasteiger partial charge in [0, 0.05) is 6.54 Å². The van der Waals surface area contributed by atoms with Crippen LogP contribution in [0.25, 0.3) is 0 Å². The minimum Gasteiger partial charge on any atom is -0.305 e. The van der Waals surface area contributed by atoms with E-state index in [4.69, 9.17) is 0 Å². The minimum atomic E-state index is 0.627. The second-order valence-electron chi connectivity index (χ2n) is 5.22. The van der Waals surface area contributed by atoms with E-state index in [2.05, 4.69) is 58.8 Å². The van der Waals surface area contributed by atoms with Gasteiger partial charge in [-0.3, -0.25) is 0 Å². The molecule has 0 heterocycles. The van der Waals surface area contributed by atoms with Gasteiger partial charge in [-0.05, 0) is 55.6 Å². The molecule has 0 N–H and O–H groups in total. The standard InChI is InChI=1S/C15H25N/c1-7-13-9-14(10-16(5)6)12(4)8-15(13)11(2)3/h8-9,11H,7,10H2,1-6H3. The van der Waals surface area contributed by atoms with Gasteiger partial charge in [-0.25, -0.2) is 0 Å². The fraction of sp³-hybridized carbons (Fsp3) is 0.600. The molecule has 0 saturated heterocycles. The van der Waals surface area contributed by atoms with Gasteiger partial charge in [-0.15, -0.1) is 0 Å². The van der Waals surface area contributed by atoms with Crippen LogP contribution in [0.4, 0.5) is 0 Å². The van der Waals surface area contributed by atoms with Gasteiger partial charge in [0.25, 0.3) is 0 Å². The van der Waals surface area contributed by atoms with E-state index in [1.165, 1.54) is 22.3 Å². The Morgan fingerprint density at radius 2 is 1.75 bits per heavy atom. The SMILES string of the molecule is CCc1cc(CN(C)C)c(C)cc1C(C)C. The molecule has 16 heavy (non-hydrogen) atoms. The van der Waals surface area contributed by atoms with Crippen LogP contribution in [0.5, 0.6) is 0 Å². The molecule has 1 nitrogen and oxygen atoms in total. The normalized spacial score (nSPS) is 11.5. The molecule has 0 aromatic heterocycles. The molecule has 90 valence electrons. The van der Waals surface area contributed by atoms with E-state index in [1.807, 2.05) is 0 Å². The summed E-state index contributed by atoms with van der Waals surface area (Å²) in [4.78, 5) is 2.23. The van der Waals surface area contributed by atoms with Crippen LogP contribution in [0.15, 0.2) is 12.1 Å². The van der Waals surface area contributed by atoms with Crippen LogP contribution in [0.2, 0.25) is 0 Å². The summed E-state index contributed by atoms with van der Waals surface area (Å²) in [7, 11) is 4.25. The monoisotopic (exact) mass is 219 g/mol. The highest BCUT2D eigenvalue weighted by Crippen LogP contribution is 2.24. The molecule has 0 radical (unpaired) electrons. The maximum Gasteiger partial charge on any atom is 0.0230 e. The Morgan fingerprint density at radius 3 is 2.19 bits per heavy atom. The molecule has 1 rings (SSSR count). The Hall–Kier alpha value is -0.820. The third-order valence-electron chi connectivity index (χ3n) is 3.09. The first kappa shape index (κ1) is 13.2. The zero-order chi connectivity index (χ0) is 12.3. The van der Waals surface area contributed by atoms with E-state index < -0.39 is 0 Å². The fourth-order valence-corrected chi connectivity index (χ4v) is 2.18. The molecule has 1 aromatic carbocycles. The quantitative estimate of drug-likeness (QED) is 0.745. The second kappa shape index (κ2) is 5.49. The van der Waals surface area contributed by atoms with Crippen molar-refractivity contribution in [2.75, 3.05) is 14.1 Å². The van der Waals surface area contributed by atoms with Crippen molar-refractivity contribution in [1.82, 2.24) is 4.90 Å². The molecule has 0 amide bonds. The van der Waals surface area contributed by atoms with Crippen LogP contribution < -0.4 is 0 Å². The van der Waals surface area contributed by atoms with Gasteiger partial charge in [-0.1, -0.05) is 32.9 Å². The van der Waals surface area contributed by atoms with E-state index in [9.17, 15) is 0 Å². The van der Waals surface area contributed by atoms with Gasteiger partial charge in [0.1, 0.15) is 0 Å². The molecule has 0 aliphatic carbocycles. The first-order valence-electron chi connectivity index (χ1n) is 6.22. The van der Waals surface area contributed by atoms with E-state index >= 15 is 0 Å². The lowest BCUT2D eigenvalue weighted by molar-refractivity contribution is 0.401.